The van der Waals surface area contributed by atoms with Crippen LogP contribution >= 0.6 is 11.3 Å². The number of nitrogens with zero attached hydrogens (tertiary/aromatic N) is 2. The van der Waals surface area contributed by atoms with Crippen LogP contribution in [0.5, 0.6) is 0 Å². The lowest BCUT2D eigenvalue weighted by molar-refractivity contribution is -0.384. The molecule has 1 aromatic heterocycles. The average Bonchev–Trinajstić information content (AvgIpc) is 3.22. The Balaban J connectivity index is 1.30. The van der Waals surface area contributed by atoms with Crippen molar-refractivity contribution >= 4 is 34.0 Å². The summed E-state index contributed by atoms with van der Waals surface area (Å²) in [6.07, 6.45) is 0.648. The molecule has 2 heterocycles. The molecule has 3 aromatic carbocycles. The molecule has 8 nitrogen and oxygen atoms in total. The molecule has 1 aliphatic heterocycles. The van der Waals surface area contributed by atoms with E-state index >= 15 is 0 Å². The molecule has 0 fully saturated rings. The van der Waals surface area contributed by atoms with Crippen molar-refractivity contribution in [3.63, 3.8) is 0 Å². The summed E-state index contributed by atoms with van der Waals surface area (Å²) in [5.74, 6) is -0.716. The largest absolute Gasteiger partial charge is 0.454 e. The van der Waals surface area contributed by atoms with E-state index < -0.39 is 17.0 Å². The Morgan fingerprint density at radius 2 is 1.89 bits per heavy atom. The number of carbonyl (C=O) groups excluding carboxylic acids is 2. The molecule has 1 amide bonds. The SMILES string of the molecule is Cc1nc(NC(=O)c2ccc3c(c2)CC(c2ccccc2)OC3=O)sc1Cc1ccc([N+](=O)[O-])cc1. The van der Waals surface area contributed by atoms with Crippen LogP contribution in [0.4, 0.5) is 10.8 Å². The second-order valence-electron chi connectivity index (χ2n) is 8.46. The fourth-order valence-corrected chi connectivity index (χ4v) is 5.12. The van der Waals surface area contributed by atoms with Gasteiger partial charge in [-0.05, 0) is 41.8 Å². The zero-order chi connectivity index (χ0) is 25.2. The van der Waals surface area contributed by atoms with Crippen molar-refractivity contribution in [1.29, 1.82) is 0 Å². The molecule has 4 aromatic rings. The molecule has 5 rings (SSSR count). The molecule has 36 heavy (non-hydrogen) atoms. The zero-order valence-electron chi connectivity index (χ0n) is 19.3. The fourth-order valence-electron chi connectivity index (χ4n) is 4.13. The number of rotatable bonds is 6. The summed E-state index contributed by atoms with van der Waals surface area (Å²) >= 11 is 1.36. The minimum absolute atomic E-state index is 0.0427. The smallest absolute Gasteiger partial charge is 0.339 e. The van der Waals surface area contributed by atoms with Crippen LogP contribution in [0, 0.1) is 17.0 Å². The minimum atomic E-state index is -0.430. The maximum Gasteiger partial charge on any atom is 0.339 e. The van der Waals surface area contributed by atoms with Gasteiger partial charge in [-0.3, -0.25) is 20.2 Å². The first-order valence-electron chi connectivity index (χ1n) is 11.3. The minimum Gasteiger partial charge on any atom is -0.454 e. The lowest BCUT2D eigenvalue weighted by Gasteiger charge is -2.25. The van der Waals surface area contributed by atoms with Gasteiger partial charge in [-0.1, -0.05) is 42.5 Å². The van der Waals surface area contributed by atoms with Crippen molar-refractivity contribution in [1.82, 2.24) is 4.98 Å². The first-order valence-corrected chi connectivity index (χ1v) is 12.1. The number of nitro benzene ring substituents is 1. The van der Waals surface area contributed by atoms with Crippen molar-refractivity contribution < 1.29 is 19.2 Å². The molecule has 1 unspecified atom stereocenters. The number of aromatic nitrogens is 1. The number of aryl methyl sites for hydroxylation is 1. The van der Waals surface area contributed by atoms with E-state index in [0.717, 1.165) is 27.3 Å². The highest BCUT2D eigenvalue weighted by atomic mass is 32.1. The van der Waals surface area contributed by atoms with E-state index in [1.54, 1.807) is 30.3 Å². The number of nitro groups is 1. The highest BCUT2D eigenvalue weighted by molar-refractivity contribution is 7.15. The molecule has 9 heteroatoms. The number of hydrogen-bond acceptors (Lipinski definition) is 7. The number of cyclic esters (lactones) is 1. The highest BCUT2D eigenvalue weighted by Gasteiger charge is 2.28. The van der Waals surface area contributed by atoms with Gasteiger partial charge in [0.25, 0.3) is 11.6 Å². The molecular weight excluding hydrogens is 478 g/mol. The summed E-state index contributed by atoms with van der Waals surface area (Å²) in [6, 6.07) is 20.9. The predicted octanol–water partition coefficient (Wildman–Crippen LogP) is 5.66. The molecule has 0 spiro atoms. The number of nitrogens with one attached hydrogen (secondary N) is 1. The lowest BCUT2D eigenvalue weighted by Crippen LogP contribution is -2.23. The number of thiazole rings is 1. The quantitative estimate of drug-likeness (QED) is 0.208. The molecular formula is C27H21N3O5S. The van der Waals surface area contributed by atoms with Gasteiger partial charge in [-0.15, -0.1) is 11.3 Å². The second-order valence-corrected chi connectivity index (χ2v) is 9.55. The number of ether oxygens (including phenoxy) is 1. The first-order chi connectivity index (χ1) is 17.4. The third kappa shape index (κ3) is 4.87. The monoisotopic (exact) mass is 499 g/mol. The molecule has 0 radical (unpaired) electrons. The van der Waals surface area contributed by atoms with Crippen molar-refractivity contribution in [2.75, 3.05) is 5.32 Å². The van der Waals surface area contributed by atoms with E-state index in [-0.39, 0.29) is 11.6 Å². The number of amides is 1. The van der Waals surface area contributed by atoms with Crippen molar-refractivity contribution in [2.24, 2.45) is 0 Å². The Morgan fingerprint density at radius 3 is 2.61 bits per heavy atom. The number of esters is 1. The maximum atomic E-state index is 13.0. The number of non-ortho nitro benzene ring substituents is 1. The van der Waals surface area contributed by atoms with E-state index in [2.05, 4.69) is 10.3 Å². The van der Waals surface area contributed by atoms with Gasteiger partial charge in [-0.2, -0.15) is 0 Å². The second kappa shape index (κ2) is 9.71. The zero-order valence-corrected chi connectivity index (χ0v) is 20.1. The van der Waals surface area contributed by atoms with E-state index in [4.69, 9.17) is 4.74 Å². The van der Waals surface area contributed by atoms with Crippen LogP contribution in [0.15, 0.2) is 72.8 Å². The van der Waals surface area contributed by atoms with E-state index in [9.17, 15) is 19.7 Å². The molecule has 0 saturated heterocycles. The summed E-state index contributed by atoms with van der Waals surface area (Å²) in [6.45, 7) is 1.86. The highest BCUT2D eigenvalue weighted by Crippen LogP contribution is 2.32. The third-order valence-electron chi connectivity index (χ3n) is 6.04. The molecule has 1 aliphatic rings. The van der Waals surface area contributed by atoms with Crippen LogP contribution in [0.25, 0.3) is 0 Å². The van der Waals surface area contributed by atoms with Gasteiger partial charge in [-0.25, -0.2) is 9.78 Å². The van der Waals surface area contributed by atoms with Gasteiger partial charge in [0.05, 0.1) is 16.2 Å². The van der Waals surface area contributed by atoms with Crippen LogP contribution in [0.1, 0.15) is 54.1 Å². The van der Waals surface area contributed by atoms with Crippen LogP contribution in [-0.2, 0) is 17.6 Å². The average molecular weight is 500 g/mol. The molecule has 180 valence electrons. The fraction of sp³-hybridized carbons (Fsp3) is 0.148. The molecule has 0 bridgehead atoms. The van der Waals surface area contributed by atoms with Crippen LogP contribution < -0.4 is 5.32 Å². The molecule has 0 saturated carbocycles. The molecule has 1 N–H and O–H groups in total. The van der Waals surface area contributed by atoms with Gasteiger partial charge < -0.3 is 4.74 Å². The Bertz CT molecular complexity index is 1460. The van der Waals surface area contributed by atoms with Gasteiger partial charge >= 0.3 is 5.97 Å². The summed E-state index contributed by atoms with van der Waals surface area (Å²) in [5, 5.41) is 14.2. The predicted molar refractivity (Wildman–Crippen MR) is 135 cm³/mol. The normalized spacial score (nSPS) is 14.6. The number of hydrogen-bond donors (Lipinski definition) is 1. The van der Waals surface area contributed by atoms with Gasteiger partial charge in [0.2, 0.25) is 0 Å². The topological polar surface area (TPSA) is 111 Å². The number of carbonyl (C=O) groups is 2. The Morgan fingerprint density at radius 1 is 1.14 bits per heavy atom. The van der Waals surface area contributed by atoms with E-state index in [0.29, 0.717) is 29.1 Å². The van der Waals surface area contributed by atoms with Crippen LogP contribution in [0.2, 0.25) is 0 Å². The number of fused-ring (bicyclic) bond motifs is 1. The van der Waals surface area contributed by atoms with Crippen molar-refractivity contribution in [2.45, 2.75) is 25.9 Å². The first kappa shape index (κ1) is 23.4. The van der Waals surface area contributed by atoms with Gasteiger partial charge in [0.1, 0.15) is 6.10 Å². The van der Waals surface area contributed by atoms with Gasteiger partial charge in [0, 0.05) is 35.4 Å². The number of anilines is 1. The van der Waals surface area contributed by atoms with Crippen LogP contribution in [0.3, 0.4) is 0 Å². The standard InChI is InChI=1S/C27H21N3O5S/c1-16-24(13-17-7-10-21(11-8-17)30(33)34)36-27(28-16)29-25(31)19-9-12-22-20(14-19)15-23(35-26(22)32)18-5-3-2-4-6-18/h2-12,14,23H,13,15H2,1H3,(H,28,29,31). The maximum absolute atomic E-state index is 13.0. The molecule has 1 atom stereocenters. The molecule has 0 aliphatic carbocycles. The summed E-state index contributed by atoms with van der Waals surface area (Å²) in [4.78, 5) is 41.4. The van der Waals surface area contributed by atoms with E-state index in [1.807, 2.05) is 37.3 Å². The van der Waals surface area contributed by atoms with E-state index in [1.165, 1.54) is 23.5 Å². The van der Waals surface area contributed by atoms with Crippen LogP contribution in [-0.4, -0.2) is 21.8 Å². The Hall–Kier alpha value is -4.37. The number of benzene rings is 3. The Labute approximate surface area is 210 Å². The Kier molecular flexibility index (Phi) is 6.30. The third-order valence-corrected chi connectivity index (χ3v) is 7.11. The van der Waals surface area contributed by atoms with Gasteiger partial charge in [0.15, 0.2) is 5.13 Å². The summed E-state index contributed by atoms with van der Waals surface area (Å²) in [7, 11) is 0. The van der Waals surface area contributed by atoms with Crippen molar-refractivity contribution in [3.8, 4) is 0 Å². The summed E-state index contributed by atoms with van der Waals surface area (Å²) in [5.41, 5.74) is 4.31. The lowest BCUT2D eigenvalue weighted by atomic mass is 9.93. The summed E-state index contributed by atoms with van der Waals surface area (Å²) < 4.78 is 5.60. The van der Waals surface area contributed by atoms with Crippen molar-refractivity contribution in [3.05, 3.63) is 121 Å².